The quantitative estimate of drug-likeness (QED) is 0.406. The summed E-state index contributed by atoms with van der Waals surface area (Å²) in [5, 5.41) is 0. The van der Waals surface area contributed by atoms with Crippen molar-refractivity contribution in [3.8, 4) is 34.6 Å². The molecule has 1 aliphatic heterocycles. The highest BCUT2D eigenvalue weighted by Gasteiger charge is 2.21. The van der Waals surface area contributed by atoms with Crippen LogP contribution in [0, 0.1) is 0 Å². The van der Waals surface area contributed by atoms with Gasteiger partial charge in [0.15, 0.2) is 23.0 Å². The van der Waals surface area contributed by atoms with Gasteiger partial charge in [-0.2, -0.15) is 0 Å². The average Bonchev–Trinajstić information content (AvgIpc) is 2.95. The van der Waals surface area contributed by atoms with Gasteiger partial charge in [-0.05, 0) is 49.1 Å². The van der Waals surface area contributed by atoms with Gasteiger partial charge in [0, 0.05) is 24.7 Å². The number of pyridine rings is 1. The van der Waals surface area contributed by atoms with Crippen LogP contribution in [0.15, 0.2) is 54.7 Å². The number of fused-ring (bicyclic) bond motifs is 2. The van der Waals surface area contributed by atoms with Gasteiger partial charge < -0.3 is 28.6 Å². The second-order valence-corrected chi connectivity index (χ2v) is 9.09. The molecule has 202 valence electrons. The summed E-state index contributed by atoms with van der Waals surface area (Å²) in [6.07, 6.45) is 6.45. The molecular weight excluding hydrogens is 484 g/mol. The van der Waals surface area contributed by atoms with Gasteiger partial charge in [0.1, 0.15) is 0 Å². The van der Waals surface area contributed by atoms with E-state index in [1.807, 2.05) is 53.4 Å². The fraction of sp³-hybridized carbons (Fsp3) is 0.400. The summed E-state index contributed by atoms with van der Waals surface area (Å²) in [5.41, 5.74) is 1.74. The van der Waals surface area contributed by atoms with E-state index < -0.39 is 0 Å². The molecule has 2 heterocycles. The Balaban J connectivity index is 1.55. The molecule has 4 rings (SSSR count). The third-order valence-electron chi connectivity index (χ3n) is 6.59. The van der Waals surface area contributed by atoms with Gasteiger partial charge in [-0.3, -0.25) is 4.79 Å². The van der Waals surface area contributed by atoms with Gasteiger partial charge in [-0.15, -0.1) is 0 Å². The zero-order valence-corrected chi connectivity index (χ0v) is 22.4. The Labute approximate surface area is 224 Å². The Bertz CT molecular complexity index is 1220. The molecule has 0 spiro atoms. The predicted octanol–water partition coefficient (Wildman–Crippen LogP) is 5.81. The lowest BCUT2D eigenvalue weighted by atomic mass is 10.1. The van der Waals surface area contributed by atoms with Crippen molar-refractivity contribution in [1.29, 1.82) is 0 Å². The first-order chi connectivity index (χ1) is 18.6. The second-order valence-electron chi connectivity index (χ2n) is 9.09. The number of aromatic nitrogens is 1. The van der Waals surface area contributed by atoms with E-state index in [-0.39, 0.29) is 5.91 Å². The number of ether oxygens (including phenoxy) is 5. The minimum Gasteiger partial charge on any atom is -0.493 e. The van der Waals surface area contributed by atoms with Gasteiger partial charge >= 0.3 is 0 Å². The van der Waals surface area contributed by atoms with E-state index in [9.17, 15) is 4.79 Å². The van der Waals surface area contributed by atoms with Crippen LogP contribution in [-0.4, -0.2) is 50.3 Å². The summed E-state index contributed by atoms with van der Waals surface area (Å²) in [6.45, 7) is 1.69. The highest BCUT2D eigenvalue weighted by Crippen LogP contribution is 2.40. The van der Waals surface area contributed by atoms with Crippen LogP contribution in [0.1, 0.15) is 43.2 Å². The SMILES string of the molecule is COc1ccc(CCC(=O)N2CCCCCCOc3ccccc3Oc3ncccc3C2)c(OC)c1OC. The summed E-state index contributed by atoms with van der Waals surface area (Å²) >= 11 is 0. The zero-order chi connectivity index (χ0) is 26.7. The van der Waals surface area contributed by atoms with Crippen LogP contribution in [0.2, 0.25) is 0 Å². The number of methoxy groups -OCH3 is 3. The molecule has 0 unspecified atom stereocenters. The van der Waals surface area contributed by atoms with Crippen LogP contribution in [0.3, 0.4) is 0 Å². The van der Waals surface area contributed by atoms with Crippen LogP contribution in [-0.2, 0) is 17.8 Å². The van der Waals surface area contributed by atoms with Gasteiger partial charge in [0.2, 0.25) is 17.5 Å². The smallest absolute Gasteiger partial charge is 0.224 e. The maximum absolute atomic E-state index is 13.5. The Morgan fingerprint density at radius 3 is 2.47 bits per heavy atom. The molecule has 0 radical (unpaired) electrons. The third kappa shape index (κ3) is 6.68. The van der Waals surface area contributed by atoms with Crippen LogP contribution in [0.25, 0.3) is 0 Å². The van der Waals surface area contributed by atoms with Crippen LogP contribution in [0.4, 0.5) is 0 Å². The minimum absolute atomic E-state index is 0.0625. The maximum atomic E-state index is 13.5. The first-order valence-corrected chi connectivity index (χ1v) is 13.0. The van der Waals surface area contributed by atoms with Crippen molar-refractivity contribution in [3.05, 3.63) is 65.9 Å². The van der Waals surface area contributed by atoms with Gasteiger partial charge in [-0.1, -0.05) is 37.1 Å². The number of carbonyl (C=O) groups excluding carboxylic acids is 1. The van der Waals surface area contributed by atoms with E-state index in [2.05, 4.69) is 4.98 Å². The van der Waals surface area contributed by atoms with E-state index in [1.54, 1.807) is 27.5 Å². The van der Waals surface area contributed by atoms with Crippen LogP contribution < -0.4 is 23.7 Å². The second kappa shape index (κ2) is 13.6. The monoisotopic (exact) mass is 520 g/mol. The molecule has 38 heavy (non-hydrogen) atoms. The molecular formula is C30H36N2O6. The van der Waals surface area contributed by atoms with Crippen molar-refractivity contribution in [2.75, 3.05) is 34.5 Å². The molecule has 1 aromatic heterocycles. The standard InChI is InChI=1S/C30H36N2O6/c1-34-26-16-14-22(28(35-2)29(26)36-3)15-17-27(33)32-19-8-4-5-9-20-37-24-12-6-7-13-25(24)38-30-23(21-32)11-10-18-31-30/h6-7,10-14,16,18H,4-5,8-9,15,17,19-21H2,1-3H3. The van der Waals surface area contributed by atoms with Crippen molar-refractivity contribution in [2.45, 2.75) is 45.1 Å². The number of rotatable bonds is 6. The van der Waals surface area contributed by atoms with Gasteiger partial charge in [0.25, 0.3) is 0 Å². The summed E-state index contributed by atoms with van der Waals surface area (Å²) in [4.78, 5) is 19.9. The predicted molar refractivity (Wildman–Crippen MR) is 145 cm³/mol. The van der Waals surface area contributed by atoms with Crippen LogP contribution >= 0.6 is 0 Å². The molecule has 1 aliphatic rings. The summed E-state index contributed by atoms with van der Waals surface area (Å²) in [6, 6.07) is 15.2. The molecule has 1 amide bonds. The highest BCUT2D eigenvalue weighted by atomic mass is 16.5. The first-order valence-electron chi connectivity index (χ1n) is 13.0. The molecule has 0 saturated heterocycles. The first kappa shape index (κ1) is 27.1. The largest absolute Gasteiger partial charge is 0.493 e. The Kier molecular flexibility index (Phi) is 9.67. The van der Waals surface area contributed by atoms with Crippen molar-refractivity contribution < 1.29 is 28.5 Å². The molecule has 0 bridgehead atoms. The van der Waals surface area contributed by atoms with Gasteiger partial charge in [-0.25, -0.2) is 4.98 Å². The van der Waals surface area contributed by atoms with E-state index in [4.69, 9.17) is 23.7 Å². The fourth-order valence-corrected chi connectivity index (χ4v) is 4.59. The molecule has 3 aromatic rings. The Morgan fingerprint density at radius 1 is 0.895 bits per heavy atom. The zero-order valence-electron chi connectivity index (χ0n) is 22.4. The fourth-order valence-electron chi connectivity index (χ4n) is 4.59. The lowest BCUT2D eigenvalue weighted by molar-refractivity contribution is -0.131. The number of hydrogen-bond acceptors (Lipinski definition) is 7. The minimum atomic E-state index is 0.0625. The van der Waals surface area contributed by atoms with Crippen LogP contribution in [0.5, 0.6) is 34.6 Å². The lowest BCUT2D eigenvalue weighted by Gasteiger charge is -2.25. The lowest BCUT2D eigenvalue weighted by Crippen LogP contribution is -2.32. The average molecular weight is 521 g/mol. The van der Waals surface area contributed by atoms with Crippen molar-refractivity contribution in [3.63, 3.8) is 0 Å². The molecule has 2 aromatic carbocycles. The molecule has 0 saturated carbocycles. The molecule has 0 atom stereocenters. The van der Waals surface area contributed by atoms with Crippen molar-refractivity contribution >= 4 is 5.91 Å². The number of benzene rings is 2. The van der Waals surface area contributed by atoms with Crippen molar-refractivity contribution in [2.24, 2.45) is 0 Å². The normalized spacial score (nSPS) is 14.1. The van der Waals surface area contributed by atoms with E-state index in [1.165, 1.54) is 0 Å². The molecule has 8 nitrogen and oxygen atoms in total. The Hall–Kier alpha value is -3.94. The molecule has 0 fully saturated rings. The van der Waals surface area contributed by atoms with E-state index in [0.717, 1.165) is 36.8 Å². The van der Waals surface area contributed by atoms with E-state index in [0.29, 0.717) is 67.2 Å². The highest BCUT2D eigenvalue weighted by molar-refractivity contribution is 5.77. The summed E-state index contributed by atoms with van der Waals surface area (Å²) in [5.74, 6) is 3.54. The summed E-state index contributed by atoms with van der Waals surface area (Å²) < 4.78 is 28.7. The number of nitrogens with zero attached hydrogens (tertiary/aromatic N) is 2. The number of aryl methyl sites for hydroxylation is 1. The summed E-state index contributed by atoms with van der Waals surface area (Å²) in [7, 11) is 4.76. The molecule has 0 N–H and O–H groups in total. The third-order valence-corrected chi connectivity index (χ3v) is 6.59. The van der Waals surface area contributed by atoms with Gasteiger partial charge in [0.05, 0.1) is 34.5 Å². The topological polar surface area (TPSA) is 79.4 Å². The molecule has 8 heteroatoms. The maximum Gasteiger partial charge on any atom is 0.224 e. The number of amides is 1. The molecule has 0 aliphatic carbocycles. The Morgan fingerprint density at radius 2 is 1.68 bits per heavy atom. The van der Waals surface area contributed by atoms with Crippen molar-refractivity contribution in [1.82, 2.24) is 9.88 Å². The van der Waals surface area contributed by atoms with E-state index >= 15 is 0 Å². The number of carbonyl (C=O) groups is 1. The number of hydrogen-bond donors (Lipinski definition) is 0. The number of para-hydroxylation sites is 2.